The molecular weight excluding hydrogens is 412 g/mol. The Bertz CT molecular complexity index is 653. The van der Waals surface area contributed by atoms with E-state index in [1.54, 1.807) is 18.2 Å². The van der Waals surface area contributed by atoms with Crippen LogP contribution in [0.5, 0.6) is 0 Å². The molecule has 0 saturated heterocycles. The maximum absolute atomic E-state index is 12.4. The highest BCUT2D eigenvalue weighted by Crippen LogP contribution is 2.15. The number of carbonyl (C=O) groups is 2. The largest absolute Gasteiger partial charge is 0.462 e. The van der Waals surface area contributed by atoms with Crippen LogP contribution in [0.25, 0.3) is 0 Å². The van der Waals surface area contributed by atoms with Crippen molar-refractivity contribution in [2.24, 2.45) is 0 Å². The van der Waals surface area contributed by atoms with Crippen LogP contribution in [0.2, 0.25) is 0 Å². The summed E-state index contributed by atoms with van der Waals surface area (Å²) in [6, 6.07) is 5.07. The second kappa shape index (κ2) is 19.6. The van der Waals surface area contributed by atoms with Crippen LogP contribution in [0.1, 0.15) is 143 Å². The smallest absolute Gasteiger partial charge is 0.338 e. The monoisotopic (exact) mass is 460 g/mol. The van der Waals surface area contributed by atoms with Crippen LogP contribution in [-0.4, -0.2) is 25.2 Å². The van der Waals surface area contributed by atoms with Crippen molar-refractivity contribution in [2.45, 2.75) is 124 Å². The third-order valence-corrected chi connectivity index (χ3v) is 6.14. The summed E-state index contributed by atoms with van der Waals surface area (Å²) in [5.74, 6) is -0.630. The molecule has 0 aromatic heterocycles. The molecule has 33 heavy (non-hydrogen) atoms. The molecule has 0 fully saturated rings. The molecule has 0 saturated carbocycles. The highest BCUT2D eigenvalue weighted by Gasteiger charge is 2.14. The third-order valence-electron chi connectivity index (χ3n) is 6.14. The lowest BCUT2D eigenvalue weighted by Gasteiger charge is -2.09. The van der Waals surface area contributed by atoms with Gasteiger partial charge in [0.2, 0.25) is 0 Å². The molecule has 0 spiro atoms. The molecule has 1 aromatic carbocycles. The first-order chi connectivity index (χ1) is 16.1. The molecule has 0 unspecified atom stereocenters. The zero-order chi connectivity index (χ0) is 24.2. The van der Waals surface area contributed by atoms with E-state index in [4.69, 9.17) is 9.47 Å². The van der Waals surface area contributed by atoms with Crippen molar-refractivity contribution in [3.8, 4) is 0 Å². The van der Waals surface area contributed by atoms with Crippen molar-refractivity contribution in [3.63, 3.8) is 0 Å². The van der Waals surface area contributed by atoms with E-state index in [2.05, 4.69) is 13.8 Å². The van der Waals surface area contributed by atoms with Gasteiger partial charge >= 0.3 is 11.9 Å². The lowest BCUT2D eigenvalue weighted by Crippen LogP contribution is -2.11. The van der Waals surface area contributed by atoms with Crippen molar-refractivity contribution in [1.82, 2.24) is 0 Å². The molecule has 4 nitrogen and oxygen atoms in total. The Balaban J connectivity index is 2.21. The van der Waals surface area contributed by atoms with Crippen molar-refractivity contribution >= 4 is 11.9 Å². The van der Waals surface area contributed by atoms with Gasteiger partial charge in [0, 0.05) is 0 Å². The summed E-state index contributed by atoms with van der Waals surface area (Å²) in [7, 11) is 0. The minimum Gasteiger partial charge on any atom is -0.462 e. The van der Waals surface area contributed by atoms with Crippen molar-refractivity contribution < 1.29 is 19.1 Å². The number of aryl methyl sites for hydroxylation is 1. The van der Waals surface area contributed by atoms with Crippen molar-refractivity contribution in [3.05, 3.63) is 34.9 Å². The first-order valence-corrected chi connectivity index (χ1v) is 13.5. The molecule has 1 rings (SSSR count). The number of unbranched alkanes of at least 4 members (excludes halogenated alkanes) is 14. The van der Waals surface area contributed by atoms with E-state index in [9.17, 15) is 9.59 Å². The van der Waals surface area contributed by atoms with Crippen LogP contribution in [0.15, 0.2) is 18.2 Å². The maximum atomic E-state index is 12.4. The van der Waals surface area contributed by atoms with Crippen LogP contribution in [-0.2, 0) is 9.47 Å². The summed E-state index contributed by atoms with van der Waals surface area (Å²) in [6.07, 6.45) is 19.4. The van der Waals surface area contributed by atoms with E-state index in [0.717, 1.165) is 31.2 Å². The fraction of sp³-hybridized carbons (Fsp3) is 0.724. The Morgan fingerprint density at radius 2 is 1.03 bits per heavy atom. The Kier molecular flexibility index (Phi) is 17.4. The summed E-state index contributed by atoms with van der Waals surface area (Å²) in [5.41, 5.74) is 1.76. The van der Waals surface area contributed by atoms with Crippen molar-refractivity contribution in [1.29, 1.82) is 0 Å². The van der Waals surface area contributed by atoms with Gasteiger partial charge in [-0.2, -0.15) is 0 Å². The molecule has 0 bridgehead atoms. The van der Waals surface area contributed by atoms with Gasteiger partial charge in [0.1, 0.15) is 0 Å². The Morgan fingerprint density at radius 3 is 1.48 bits per heavy atom. The SMILES string of the molecule is CCCCCCCCCCOC(=O)c1ccc(C(=O)OCCCCCCCCCC)c(C)c1. The summed E-state index contributed by atoms with van der Waals surface area (Å²) in [6.45, 7) is 7.20. The van der Waals surface area contributed by atoms with Gasteiger partial charge in [0.15, 0.2) is 0 Å². The second-order valence-corrected chi connectivity index (χ2v) is 9.25. The summed E-state index contributed by atoms with van der Waals surface area (Å²) in [5, 5.41) is 0. The molecule has 4 heteroatoms. The molecule has 0 aliphatic rings. The van der Waals surface area contributed by atoms with Gasteiger partial charge in [-0.1, -0.05) is 104 Å². The van der Waals surface area contributed by atoms with Crippen LogP contribution in [0.4, 0.5) is 0 Å². The summed E-state index contributed by atoms with van der Waals surface area (Å²) < 4.78 is 10.8. The maximum Gasteiger partial charge on any atom is 0.338 e. The highest BCUT2D eigenvalue weighted by atomic mass is 16.5. The number of benzene rings is 1. The Morgan fingerprint density at radius 1 is 0.606 bits per heavy atom. The first-order valence-electron chi connectivity index (χ1n) is 13.5. The van der Waals surface area contributed by atoms with Crippen LogP contribution >= 0.6 is 0 Å². The van der Waals surface area contributed by atoms with Gasteiger partial charge in [-0.25, -0.2) is 9.59 Å². The second-order valence-electron chi connectivity index (χ2n) is 9.25. The van der Waals surface area contributed by atoms with Crippen LogP contribution in [0.3, 0.4) is 0 Å². The van der Waals surface area contributed by atoms with Gasteiger partial charge in [-0.3, -0.25) is 0 Å². The van der Waals surface area contributed by atoms with Crippen LogP contribution < -0.4 is 0 Å². The number of esters is 2. The van der Waals surface area contributed by atoms with E-state index < -0.39 is 0 Å². The molecule has 0 atom stereocenters. The number of ether oxygens (including phenoxy) is 2. The number of hydrogen-bond donors (Lipinski definition) is 0. The Hall–Kier alpha value is -1.84. The molecule has 0 aliphatic carbocycles. The Labute approximate surface area is 202 Å². The molecule has 0 N–H and O–H groups in total. The standard InChI is InChI=1S/C29H48O4/c1-4-6-8-10-12-14-16-18-22-32-28(30)26-20-21-27(25(3)24-26)29(31)33-23-19-17-15-13-11-9-7-5-2/h20-21,24H,4-19,22-23H2,1-3H3. The van der Waals surface area contributed by atoms with Crippen molar-refractivity contribution in [2.75, 3.05) is 13.2 Å². The van der Waals surface area contributed by atoms with E-state index in [1.807, 2.05) is 6.92 Å². The van der Waals surface area contributed by atoms with Gasteiger partial charge < -0.3 is 9.47 Å². The van der Waals surface area contributed by atoms with E-state index in [0.29, 0.717) is 24.3 Å². The molecule has 188 valence electrons. The number of rotatable bonds is 20. The molecule has 0 aliphatic heterocycles. The minimum atomic E-state index is -0.320. The fourth-order valence-electron chi connectivity index (χ4n) is 3.98. The summed E-state index contributed by atoms with van der Waals surface area (Å²) in [4.78, 5) is 24.7. The molecular formula is C29H48O4. The molecule has 0 heterocycles. The minimum absolute atomic E-state index is 0.311. The van der Waals surface area contributed by atoms with Gasteiger partial charge in [0.25, 0.3) is 0 Å². The predicted octanol–water partition coefficient (Wildman–Crippen LogP) is 8.59. The zero-order valence-corrected chi connectivity index (χ0v) is 21.6. The van der Waals surface area contributed by atoms with E-state index >= 15 is 0 Å². The zero-order valence-electron chi connectivity index (χ0n) is 21.6. The number of carbonyl (C=O) groups excluding carboxylic acids is 2. The van der Waals surface area contributed by atoms with Gasteiger partial charge in [-0.05, 0) is 43.5 Å². The van der Waals surface area contributed by atoms with Crippen LogP contribution in [0, 0.1) is 6.92 Å². The quantitative estimate of drug-likeness (QED) is 0.144. The fourth-order valence-corrected chi connectivity index (χ4v) is 3.98. The number of hydrogen-bond acceptors (Lipinski definition) is 4. The first kappa shape index (κ1) is 29.2. The predicted molar refractivity (Wildman–Crippen MR) is 137 cm³/mol. The van der Waals surface area contributed by atoms with Gasteiger partial charge in [-0.15, -0.1) is 0 Å². The lowest BCUT2D eigenvalue weighted by molar-refractivity contribution is 0.0482. The third kappa shape index (κ3) is 14.1. The topological polar surface area (TPSA) is 52.6 Å². The summed E-state index contributed by atoms with van der Waals surface area (Å²) >= 11 is 0. The van der Waals surface area contributed by atoms with Gasteiger partial charge in [0.05, 0.1) is 24.3 Å². The average molecular weight is 461 g/mol. The molecule has 0 amide bonds. The average Bonchev–Trinajstić information content (AvgIpc) is 2.81. The molecule has 0 radical (unpaired) electrons. The lowest BCUT2D eigenvalue weighted by atomic mass is 10.1. The highest BCUT2D eigenvalue weighted by molar-refractivity contribution is 5.94. The molecule has 1 aromatic rings. The normalized spacial score (nSPS) is 10.9. The van der Waals surface area contributed by atoms with E-state index in [-0.39, 0.29) is 11.9 Å². The van der Waals surface area contributed by atoms with E-state index in [1.165, 1.54) is 77.0 Å².